The molecule has 0 heterocycles. The molecule has 2 nitrogen and oxygen atoms in total. The van der Waals surface area contributed by atoms with E-state index >= 15 is 0 Å². The normalized spacial score (nSPS) is 12.3. The second-order valence-corrected chi connectivity index (χ2v) is 4.67. The summed E-state index contributed by atoms with van der Waals surface area (Å²) in [7, 11) is 1.39. The Balaban J connectivity index is 2.06. The largest absolute Gasteiger partial charge is 0.465 e. The molecule has 0 spiro atoms. The van der Waals surface area contributed by atoms with Crippen molar-refractivity contribution in [1.29, 1.82) is 0 Å². The molecule has 20 heavy (non-hydrogen) atoms. The van der Waals surface area contributed by atoms with Crippen LogP contribution in [-0.4, -0.2) is 13.1 Å². The van der Waals surface area contributed by atoms with Crippen LogP contribution in [0.5, 0.6) is 0 Å². The van der Waals surface area contributed by atoms with E-state index in [4.69, 9.17) is 0 Å². The topological polar surface area (TPSA) is 26.3 Å². The van der Waals surface area contributed by atoms with Gasteiger partial charge in [-0.05, 0) is 29.2 Å². The molecular weight excluding hydrogens is 248 g/mol. The predicted octanol–water partition coefficient (Wildman–Crippen LogP) is 4.29. The molecule has 0 saturated carbocycles. The quantitative estimate of drug-likeness (QED) is 0.772. The van der Waals surface area contributed by atoms with Crippen LogP contribution < -0.4 is 0 Å². The summed E-state index contributed by atoms with van der Waals surface area (Å²) in [5.74, 6) is 0.0506. The standard InChI is InChI=1S/C18H18O2/c1-14(16-6-4-3-5-7-16)8-9-15-10-12-17(13-11-15)18(19)20-2/h3-14H,1-2H3/b9-8+/t14-/m0/s1. The Morgan fingerprint density at radius 3 is 2.30 bits per heavy atom. The zero-order valence-electron chi connectivity index (χ0n) is 11.7. The van der Waals surface area contributed by atoms with Gasteiger partial charge in [0.1, 0.15) is 0 Å². The molecule has 0 fully saturated rings. The van der Waals surface area contributed by atoms with E-state index in [1.165, 1.54) is 12.7 Å². The maximum absolute atomic E-state index is 11.3. The highest BCUT2D eigenvalue weighted by molar-refractivity contribution is 5.89. The van der Waals surface area contributed by atoms with Crippen LogP contribution in [0.2, 0.25) is 0 Å². The van der Waals surface area contributed by atoms with Gasteiger partial charge in [-0.2, -0.15) is 0 Å². The van der Waals surface area contributed by atoms with Gasteiger partial charge < -0.3 is 4.74 Å². The third kappa shape index (κ3) is 3.58. The molecule has 0 radical (unpaired) electrons. The molecule has 2 rings (SSSR count). The minimum absolute atomic E-state index is 0.307. The highest BCUT2D eigenvalue weighted by atomic mass is 16.5. The van der Waals surface area contributed by atoms with Crippen LogP contribution in [-0.2, 0) is 4.74 Å². The Bertz CT molecular complexity index is 583. The van der Waals surface area contributed by atoms with Crippen molar-refractivity contribution in [3.8, 4) is 0 Å². The van der Waals surface area contributed by atoms with Crippen LogP contribution >= 0.6 is 0 Å². The van der Waals surface area contributed by atoms with E-state index < -0.39 is 0 Å². The van der Waals surface area contributed by atoms with Gasteiger partial charge in [0.25, 0.3) is 0 Å². The van der Waals surface area contributed by atoms with Gasteiger partial charge in [0.2, 0.25) is 0 Å². The van der Waals surface area contributed by atoms with Crippen molar-refractivity contribution in [2.75, 3.05) is 7.11 Å². The summed E-state index contributed by atoms with van der Waals surface area (Å²) in [4.78, 5) is 11.3. The van der Waals surface area contributed by atoms with E-state index in [0.717, 1.165) is 5.56 Å². The molecule has 0 aliphatic carbocycles. The van der Waals surface area contributed by atoms with Gasteiger partial charge in [0, 0.05) is 0 Å². The lowest BCUT2D eigenvalue weighted by Gasteiger charge is -2.06. The first-order valence-corrected chi connectivity index (χ1v) is 6.62. The minimum Gasteiger partial charge on any atom is -0.465 e. The zero-order chi connectivity index (χ0) is 14.4. The third-order valence-electron chi connectivity index (χ3n) is 3.23. The monoisotopic (exact) mass is 266 g/mol. The number of esters is 1. The number of hydrogen-bond acceptors (Lipinski definition) is 2. The summed E-state index contributed by atoms with van der Waals surface area (Å²) >= 11 is 0. The van der Waals surface area contributed by atoms with Crippen LogP contribution in [0.3, 0.4) is 0 Å². The van der Waals surface area contributed by atoms with Crippen molar-refractivity contribution in [2.45, 2.75) is 12.8 Å². The van der Waals surface area contributed by atoms with Crippen LogP contribution in [0.1, 0.15) is 34.3 Å². The number of hydrogen-bond donors (Lipinski definition) is 0. The maximum atomic E-state index is 11.3. The molecule has 2 heteroatoms. The molecule has 0 amide bonds. The van der Waals surface area contributed by atoms with Crippen LogP contribution in [0.25, 0.3) is 6.08 Å². The summed E-state index contributed by atoms with van der Waals surface area (Å²) in [6.45, 7) is 2.16. The van der Waals surface area contributed by atoms with Crippen molar-refractivity contribution in [2.24, 2.45) is 0 Å². The van der Waals surface area contributed by atoms with Gasteiger partial charge in [-0.3, -0.25) is 0 Å². The van der Waals surface area contributed by atoms with E-state index in [-0.39, 0.29) is 5.97 Å². The van der Waals surface area contributed by atoms with Crippen molar-refractivity contribution in [3.63, 3.8) is 0 Å². The lowest BCUT2D eigenvalue weighted by atomic mass is 10.00. The fourth-order valence-corrected chi connectivity index (χ4v) is 1.97. The smallest absolute Gasteiger partial charge is 0.337 e. The molecule has 2 aromatic carbocycles. The first-order valence-electron chi connectivity index (χ1n) is 6.62. The SMILES string of the molecule is COC(=O)c1ccc(/C=C/[C@H](C)c2ccccc2)cc1. The Labute approximate surface area is 119 Å². The van der Waals surface area contributed by atoms with Crippen LogP contribution in [0, 0.1) is 0 Å². The number of methoxy groups -OCH3 is 1. The molecule has 0 unspecified atom stereocenters. The fourth-order valence-electron chi connectivity index (χ4n) is 1.97. The molecule has 0 bridgehead atoms. The second-order valence-electron chi connectivity index (χ2n) is 4.67. The maximum Gasteiger partial charge on any atom is 0.337 e. The summed E-state index contributed by atoms with van der Waals surface area (Å²) in [5.41, 5.74) is 2.93. The Kier molecular flexibility index (Phi) is 4.72. The summed E-state index contributed by atoms with van der Waals surface area (Å²) in [6.07, 6.45) is 4.22. The number of benzene rings is 2. The van der Waals surface area contributed by atoms with E-state index in [1.807, 2.05) is 30.3 Å². The molecule has 2 aromatic rings. The average Bonchev–Trinajstić information content (AvgIpc) is 2.53. The molecule has 0 aromatic heterocycles. The molecule has 0 aliphatic rings. The van der Waals surface area contributed by atoms with Crippen molar-refractivity contribution in [1.82, 2.24) is 0 Å². The molecule has 0 saturated heterocycles. The third-order valence-corrected chi connectivity index (χ3v) is 3.23. The second kappa shape index (κ2) is 6.71. The number of allylic oxidation sites excluding steroid dienone is 1. The minimum atomic E-state index is -0.307. The van der Waals surface area contributed by atoms with Gasteiger partial charge in [0.15, 0.2) is 0 Å². The summed E-state index contributed by atoms with van der Waals surface area (Å²) < 4.78 is 4.68. The Morgan fingerprint density at radius 2 is 1.70 bits per heavy atom. The summed E-state index contributed by atoms with van der Waals surface area (Å²) in [6, 6.07) is 17.7. The van der Waals surface area contributed by atoms with Crippen molar-refractivity contribution in [3.05, 3.63) is 77.4 Å². The fraction of sp³-hybridized carbons (Fsp3) is 0.167. The highest BCUT2D eigenvalue weighted by Crippen LogP contribution is 2.17. The van der Waals surface area contributed by atoms with Crippen molar-refractivity contribution >= 4 is 12.0 Å². The molecule has 102 valence electrons. The van der Waals surface area contributed by atoms with Gasteiger partial charge in [-0.15, -0.1) is 0 Å². The molecule has 0 N–H and O–H groups in total. The number of ether oxygens (including phenoxy) is 1. The molecule has 1 atom stereocenters. The van der Waals surface area contributed by atoms with E-state index in [2.05, 4.69) is 35.9 Å². The highest BCUT2D eigenvalue weighted by Gasteiger charge is 2.03. The van der Waals surface area contributed by atoms with E-state index in [0.29, 0.717) is 11.5 Å². The van der Waals surface area contributed by atoms with Gasteiger partial charge >= 0.3 is 5.97 Å². The first-order chi connectivity index (χ1) is 9.70. The van der Waals surface area contributed by atoms with Crippen LogP contribution in [0.15, 0.2) is 60.7 Å². The number of rotatable bonds is 4. The number of carbonyl (C=O) groups is 1. The van der Waals surface area contributed by atoms with Gasteiger partial charge in [-0.25, -0.2) is 4.79 Å². The number of carbonyl (C=O) groups excluding carboxylic acids is 1. The predicted molar refractivity (Wildman–Crippen MR) is 81.7 cm³/mol. The molecular formula is C18H18O2. The first kappa shape index (κ1) is 14.1. The van der Waals surface area contributed by atoms with E-state index in [9.17, 15) is 4.79 Å². The lowest BCUT2D eigenvalue weighted by molar-refractivity contribution is 0.0601. The van der Waals surface area contributed by atoms with E-state index in [1.54, 1.807) is 12.1 Å². The Hall–Kier alpha value is -2.35. The Morgan fingerprint density at radius 1 is 1.05 bits per heavy atom. The van der Waals surface area contributed by atoms with Gasteiger partial charge in [-0.1, -0.05) is 61.5 Å². The summed E-state index contributed by atoms with van der Waals surface area (Å²) in [5, 5.41) is 0. The zero-order valence-corrected chi connectivity index (χ0v) is 11.7. The van der Waals surface area contributed by atoms with Crippen molar-refractivity contribution < 1.29 is 9.53 Å². The average molecular weight is 266 g/mol. The molecule has 0 aliphatic heterocycles. The van der Waals surface area contributed by atoms with Crippen LogP contribution in [0.4, 0.5) is 0 Å². The van der Waals surface area contributed by atoms with Gasteiger partial charge in [0.05, 0.1) is 12.7 Å². The lowest BCUT2D eigenvalue weighted by Crippen LogP contribution is -2.00.